The van der Waals surface area contributed by atoms with E-state index in [0.29, 0.717) is 27.3 Å². The van der Waals surface area contributed by atoms with Crippen LogP contribution in [0.15, 0.2) is 70.7 Å². The normalized spacial score (nSPS) is 16.0. The molecule has 3 aromatic rings. The van der Waals surface area contributed by atoms with Gasteiger partial charge in [0.1, 0.15) is 23.7 Å². The number of hydrogen-bond donors (Lipinski definition) is 1. The molecule has 3 aromatic carbocycles. The summed E-state index contributed by atoms with van der Waals surface area (Å²) in [7, 11) is 0. The molecule has 0 saturated carbocycles. The lowest BCUT2D eigenvalue weighted by Gasteiger charge is -2.29. The SMILES string of the molecule is O=C1NC(=S)N(c2ccccc2F)C(=O)/C1=C/c1cc(Br)ccc1OCc1ccc2c(c1)OCO2. The molecule has 0 unspecified atom stereocenters. The Hall–Kier alpha value is -3.76. The highest BCUT2D eigenvalue weighted by atomic mass is 79.9. The molecule has 10 heteroatoms. The van der Waals surface area contributed by atoms with Gasteiger partial charge in [0.15, 0.2) is 16.6 Å². The summed E-state index contributed by atoms with van der Waals surface area (Å²) < 4.78 is 31.8. The minimum absolute atomic E-state index is 0.0538. The number of ether oxygens (including phenoxy) is 3. The van der Waals surface area contributed by atoms with Gasteiger partial charge in [-0.1, -0.05) is 34.1 Å². The van der Waals surface area contributed by atoms with Crippen molar-refractivity contribution in [3.8, 4) is 17.2 Å². The molecule has 1 fully saturated rings. The molecule has 0 atom stereocenters. The number of hydrogen-bond acceptors (Lipinski definition) is 6. The molecule has 1 N–H and O–H groups in total. The third-order valence-electron chi connectivity index (χ3n) is 5.30. The van der Waals surface area contributed by atoms with Crippen LogP contribution in [-0.2, 0) is 16.2 Å². The first-order valence-corrected chi connectivity index (χ1v) is 11.6. The standard InChI is InChI=1S/C25H16BrFN2O5S/c26-16-6-8-20(32-12-14-5-7-21-22(9-14)34-13-33-21)15(10-16)11-17-23(30)28-25(35)29(24(17)31)19-4-2-1-3-18(19)27/h1-11H,12-13H2,(H,28,30,35)/b17-11+. The summed E-state index contributed by atoms with van der Waals surface area (Å²) in [5.41, 5.74) is 1.05. The van der Waals surface area contributed by atoms with E-state index in [2.05, 4.69) is 21.2 Å². The number of nitrogens with zero attached hydrogens (tertiary/aromatic N) is 1. The molecule has 0 aromatic heterocycles. The second-order valence-corrected chi connectivity index (χ2v) is 8.87. The number of thiocarbonyl (C=S) groups is 1. The van der Waals surface area contributed by atoms with Crippen LogP contribution in [0.3, 0.4) is 0 Å². The third kappa shape index (κ3) is 4.62. The summed E-state index contributed by atoms with van der Waals surface area (Å²) in [5, 5.41) is 2.26. The smallest absolute Gasteiger partial charge is 0.270 e. The molecule has 2 amide bonds. The Morgan fingerprint density at radius 3 is 2.71 bits per heavy atom. The molecule has 2 aliphatic heterocycles. The van der Waals surface area contributed by atoms with Gasteiger partial charge in [-0.15, -0.1) is 0 Å². The van der Waals surface area contributed by atoms with E-state index in [9.17, 15) is 14.0 Å². The van der Waals surface area contributed by atoms with Gasteiger partial charge in [-0.05, 0) is 66.3 Å². The van der Waals surface area contributed by atoms with Crippen LogP contribution in [0, 0.1) is 5.82 Å². The van der Waals surface area contributed by atoms with Gasteiger partial charge in [-0.3, -0.25) is 14.9 Å². The fraction of sp³-hybridized carbons (Fsp3) is 0.0800. The summed E-state index contributed by atoms with van der Waals surface area (Å²) in [6.45, 7) is 0.382. The zero-order valence-corrected chi connectivity index (χ0v) is 20.3. The predicted octanol–water partition coefficient (Wildman–Crippen LogP) is 4.73. The van der Waals surface area contributed by atoms with Gasteiger partial charge in [0.2, 0.25) is 6.79 Å². The van der Waals surface area contributed by atoms with Crippen molar-refractivity contribution < 1.29 is 28.2 Å². The minimum Gasteiger partial charge on any atom is -0.488 e. The molecule has 35 heavy (non-hydrogen) atoms. The van der Waals surface area contributed by atoms with Gasteiger partial charge in [0.25, 0.3) is 11.8 Å². The molecule has 0 bridgehead atoms. The molecule has 0 aliphatic carbocycles. The lowest BCUT2D eigenvalue weighted by atomic mass is 10.1. The molecule has 5 rings (SSSR count). The van der Waals surface area contributed by atoms with E-state index >= 15 is 0 Å². The number of carbonyl (C=O) groups is 2. The van der Waals surface area contributed by atoms with Crippen molar-refractivity contribution in [1.82, 2.24) is 5.32 Å². The minimum atomic E-state index is -0.745. The average Bonchev–Trinajstić information content (AvgIpc) is 3.30. The maximum Gasteiger partial charge on any atom is 0.270 e. The monoisotopic (exact) mass is 554 g/mol. The number of halogens is 2. The molecule has 2 heterocycles. The van der Waals surface area contributed by atoms with E-state index in [1.54, 1.807) is 30.3 Å². The van der Waals surface area contributed by atoms with Crippen molar-refractivity contribution in [2.75, 3.05) is 11.7 Å². The van der Waals surface area contributed by atoms with Crippen LogP contribution in [-0.4, -0.2) is 23.7 Å². The third-order valence-corrected chi connectivity index (χ3v) is 6.08. The fourth-order valence-electron chi connectivity index (χ4n) is 3.62. The lowest BCUT2D eigenvalue weighted by molar-refractivity contribution is -0.122. The van der Waals surface area contributed by atoms with E-state index < -0.39 is 17.6 Å². The topological polar surface area (TPSA) is 77.1 Å². The van der Waals surface area contributed by atoms with E-state index in [4.69, 9.17) is 26.4 Å². The number of rotatable bonds is 5. The highest BCUT2D eigenvalue weighted by molar-refractivity contribution is 9.10. The maximum atomic E-state index is 14.4. The Morgan fingerprint density at radius 2 is 1.89 bits per heavy atom. The van der Waals surface area contributed by atoms with Crippen molar-refractivity contribution in [2.24, 2.45) is 0 Å². The zero-order valence-electron chi connectivity index (χ0n) is 17.9. The summed E-state index contributed by atoms with van der Waals surface area (Å²) in [4.78, 5) is 26.9. The Balaban J connectivity index is 1.45. The highest BCUT2D eigenvalue weighted by Crippen LogP contribution is 2.34. The number of amides is 2. The molecule has 0 radical (unpaired) electrons. The van der Waals surface area contributed by atoms with Gasteiger partial charge in [-0.2, -0.15) is 0 Å². The number of benzene rings is 3. The number of para-hydroxylation sites is 1. The average molecular weight is 555 g/mol. The van der Waals surface area contributed by atoms with Crippen LogP contribution >= 0.6 is 28.1 Å². The molecule has 176 valence electrons. The number of carbonyl (C=O) groups excluding carboxylic acids is 2. The van der Waals surface area contributed by atoms with Crippen LogP contribution in [0.2, 0.25) is 0 Å². The number of nitrogens with one attached hydrogen (secondary N) is 1. The summed E-state index contributed by atoms with van der Waals surface area (Å²) in [6.07, 6.45) is 1.40. The summed E-state index contributed by atoms with van der Waals surface area (Å²) >= 11 is 8.55. The van der Waals surface area contributed by atoms with Crippen LogP contribution in [0.5, 0.6) is 17.2 Å². The van der Waals surface area contributed by atoms with Gasteiger partial charge >= 0.3 is 0 Å². The van der Waals surface area contributed by atoms with Crippen LogP contribution in [0.1, 0.15) is 11.1 Å². The number of fused-ring (bicyclic) bond motifs is 1. The second-order valence-electron chi connectivity index (χ2n) is 7.57. The number of anilines is 1. The first kappa shape index (κ1) is 23.0. The van der Waals surface area contributed by atoms with Gasteiger partial charge in [0, 0.05) is 10.0 Å². The van der Waals surface area contributed by atoms with Gasteiger partial charge < -0.3 is 14.2 Å². The molecular formula is C25H16BrFN2O5S. The first-order chi connectivity index (χ1) is 16.9. The van der Waals surface area contributed by atoms with Gasteiger partial charge in [-0.25, -0.2) is 9.29 Å². The van der Waals surface area contributed by atoms with Crippen LogP contribution in [0.4, 0.5) is 10.1 Å². The Labute approximate surface area is 213 Å². The second kappa shape index (κ2) is 9.47. The van der Waals surface area contributed by atoms with Crippen molar-refractivity contribution in [3.63, 3.8) is 0 Å². The van der Waals surface area contributed by atoms with Crippen molar-refractivity contribution in [3.05, 3.63) is 87.7 Å². The summed E-state index contributed by atoms with van der Waals surface area (Å²) in [6, 6.07) is 16.4. The maximum absolute atomic E-state index is 14.4. The molecule has 2 aliphatic rings. The van der Waals surface area contributed by atoms with Crippen molar-refractivity contribution in [1.29, 1.82) is 0 Å². The predicted molar refractivity (Wildman–Crippen MR) is 134 cm³/mol. The Morgan fingerprint density at radius 1 is 1.09 bits per heavy atom. The molecular weight excluding hydrogens is 539 g/mol. The van der Waals surface area contributed by atoms with Crippen LogP contribution < -0.4 is 24.4 Å². The molecule has 7 nitrogen and oxygen atoms in total. The van der Waals surface area contributed by atoms with Gasteiger partial charge in [0.05, 0.1) is 5.69 Å². The van der Waals surface area contributed by atoms with E-state index in [-0.39, 0.29) is 29.8 Å². The quantitative estimate of drug-likeness (QED) is 0.279. The summed E-state index contributed by atoms with van der Waals surface area (Å²) in [5.74, 6) is -0.335. The highest BCUT2D eigenvalue weighted by Gasteiger charge is 2.35. The van der Waals surface area contributed by atoms with Crippen LogP contribution in [0.25, 0.3) is 6.08 Å². The molecule has 1 saturated heterocycles. The largest absolute Gasteiger partial charge is 0.488 e. The van der Waals surface area contributed by atoms with E-state index in [0.717, 1.165) is 10.5 Å². The first-order valence-electron chi connectivity index (χ1n) is 10.4. The fourth-order valence-corrected chi connectivity index (χ4v) is 4.27. The Kier molecular flexibility index (Phi) is 6.23. The zero-order chi connectivity index (χ0) is 24.5. The van der Waals surface area contributed by atoms with Crippen molar-refractivity contribution in [2.45, 2.75) is 6.61 Å². The molecule has 0 spiro atoms. The van der Waals surface area contributed by atoms with E-state index in [1.807, 2.05) is 12.1 Å². The van der Waals surface area contributed by atoms with E-state index in [1.165, 1.54) is 24.3 Å². The lowest BCUT2D eigenvalue weighted by Crippen LogP contribution is -2.54. The Bertz CT molecular complexity index is 1410. The van der Waals surface area contributed by atoms with Crippen molar-refractivity contribution >= 4 is 56.8 Å².